The van der Waals surface area contributed by atoms with Crippen LogP contribution in [0.5, 0.6) is 5.75 Å². The molecule has 1 aliphatic carbocycles. The van der Waals surface area contributed by atoms with E-state index in [1.807, 2.05) is 0 Å². The van der Waals surface area contributed by atoms with Crippen LogP contribution >= 0.6 is 0 Å². The second-order valence-electron chi connectivity index (χ2n) is 7.22. The molecule has 2 aromatic rings. The Morgan fingerprint density at radius 2 is 1.89 bits per heavy atom. The van der Waals surface area contributed by atoms with Gasteiger partial charge in [-0.1, -0.05) is 25.0 Å². The summed E-state index contributed by atoms with van der Waals surface area (Å²) in [5, 5.41) is 8.74. The van der Waals surface area contributed by atoms with Crippen molar-refractivity contribution in [2.45, 2.75) is 31.1 Å². The highest BCUT2D eigenvalue weighted by molar-refractivity contribution is 6.08. The predicted octanol–water partition coefficient (Wildman–Crippen LogP) is 3.76. The van der Waals surface area contributed by atoms with Crippen molar-refractivity contribution in [3.63, 3.8) is 0 Å². The van der Waals surface area contributed by atoms with Crippen molar-refractivity contribution in [1.82, 2.24) is 0 Å². The summed E-state index contributed by atoms with van der Waals surface area (Å²) in [5.74, 6) is -1.24. The topological polar surface area (TPSA) is 66.8 Å². The van der Waals surface area contributed by atoms with Crippen LogP contribution in [0.2, 0.25) is 0 Å². The van der Waals surface area contributed by atoms with Crippen molar-refractivity contribution >= 4 is 17.6 Å². The Bertz CT molecular complexity index is 905. The highest BCUT2D eigenvalue weighted by Gasteiger charge is 2.48. The molecular weight excluding hydrogens is 349 g/mol. The van der Waals surface area contributed by atoms with Gasteiger partial charge in [0, 0.05) is 23.1 Å². The fourth-order valence-corrected chi connectivity index (χ4v) is 4.39. The van der Waals surface area contributed by atoms with E-state index in [2.05, 4.69) is 0 Å². The Labute approximate surface area is 156 Å². The Kier molecular flexibility index (Phi) is 4.34. The number of hydrogen-bond acceptors (Lipinski definition) is 3. The maximum atomic E-state index is 14.7. The Morgan fingerprint density at radius 3 is 2.63 bits per heavy atom. The van der Waals surface area contributed by atoms with E-state index in [0.717, 1.165) is 25.7 Å². The molecule has 6 heteroatoms. The van der Waals surface area contributed by atoms with Crippen LogP contribution in [0.25, 0.3) is 0 Å². The van der Waals surface area contributed by atoms with Crippen molar-refractivity contribution in [3.8, 4) is 5.75 Å². The lowest BCUT2D eigenvalue weighted by atomic mass is 9.80. The first kappa shape index (κ1) is 17.5. The van der Waals surface area contributed by atoms with E-state index in [-0.39, 0.29) is 17.1 Å². The normalized spacial score (nSPS) is 17.1. The Morgan fingerprint density at radius 1 is 1.15 bits per heavy atom. The average molecular weight is 369 g/mol. The van der Waals surface area contributed by atoms with E-state index < -0.39 is 12.6 Å². The smallest absolute Gasteiger partial charge is 0.341 e. The molecule has 0 aromatic heterocycles. The van der Waals surface area contributed by atoms with Crippen LogP contribution in [-0.2, 0) is 10.2 Å². The lowest BCUT2D eigenvalue weighted by Gasteiger charge is -2.25. The second-order valence-corrected chi connectivity index (χ2v) is 7.22. The Hall–Kier alpha value is -2.89. The molecule has 1 N–H and O–H groups in total. The molecule has 27 heavy (non-hydrogen) atoms. The van der Waals surface area contributed by atoms with Crippen LogP contribution in [0, 0.1) is 5.82 Å². The summed E-state index contributed by atoms with van der Waals surface area (Å²) in [6.45, 7) is 0.000818. The van der Waals surface area contributed by atoms with E-state index in [1.165, 1.54) is 12.1 Å². The number of carbonyl (C=O) groups is 2. The predicted molar refractivity (Wildman–Crippen MR) is 97.8 cm³/mol. The molecule has 0 bridgehead atoms. The van der Waals surface area contributed by atoms with Crippen LogP contribution in [0.4, 0.5) is 10.1 Å². The van der Waals surface area contributed by atoms with E-state index in [0.29, 0.717) is 29.1 Å². The van der Waals surface area contributed by atoms with Crippen molar-refractivity contribution in [3.05, 3.63) is 59.4 Å². The molecule has 1 aliphatic heterocycles. The van der Waals surface area contributed by atoms with Crippen molar-refractivity contribution < 1.29 is 23.8 Å². The van der Waals surface area contributed by atoms with Crippen LogP contribution < -0.4 is 9.64 Å². The molecule has 5 nitrogen and oxygen atoms in total. The number of hydrogen-bond donors (Lipinski definition) is 1. The monoisotopic (exact) mass is 369 g/mol. The van der Waals surface area contributed by atoms with E-state index >= 15 is 0 Å². The Balaban J connectivity index is 1.67. The number of rotatable bonds is 4. The zero-order chi connectivity index (χ0) is 19.0. The number of anilines is 1. The van der Waals surface area contributed by atoms with Gasteiger partial charge in [-0.25, -0.2) is 9.18 Å². The molecule has 1 amide bonds. The first-order chi connectivity index (χ1) is 13.0. The SMILES string of the molecule is O=C(O)COc1cccc(C(=O)N2CC3(CCCC3)c3c(F)cccc32)c1. The fraction of sp³-hybridized carbons (Fsp3) is 0.333. The van der Waals surface area contributed by atoms with E-state index in [9.17, 15) is 14.0 Å². The zero-order valence-corrected chi connectivity index (χ0v) is 14.8. The molecule has 0 unspecified atom stereocenters. The molecule has 1 spiro atoms. The number of carboxylic acids is 1. The minimum atomic E-state index is -1.08. The lowest BCUT2D eigenvalue weighted by molar-refractivity contribution is -0.139. The number of aliphatic carboxylic acids is 1. The van der Waals surface area contributed by atoms with Gasteiger partial charge in [-0.2, -0.15) is 0 Å². The number of nitrogens with zero attached hydrogens (tertiary/aromatic N) is 1. The molecule has 1 saturated carbocycles. The first-order valence-electron chi connectivity index (χ1n) is 9.06. The molecule has 140 valence electrons. The number of carboxylic acid groups (broad SMARTS) is 1. The molecule has 2 aliphatic rings. The number of ether oxygens (including phenoxy) is 1. The van der Waals surface area contributed by atoms with Gasteiger partial charge in [0.2, 0.25) is 0 Å². The minimum absolute atomic E-state index is 0.230. The largest absolute Gasteiger partial charge is 0.482 e. The van der Waals surface area contributed by atoms with E-state index in [4.69, 9.17) is 9.84 Å². The van der Waals surface area contributed by atoms with Crippen LogP contribution in [0.15, 0.2) is 42.5 Å². The summed E-state index contributed by atoms with van der Waals surface area (Å²) in [7, 11) is 0. The van der Waals surface area contributed by atoms with Crippen LogP contribution in [0.3, 0.4) is 0 Å². The van der Waals surface area contributed by atoms with Gasteiger partial charge < -0.3 is 14.7 Å². The summed E-state index contributed by atoms with van der Waals surface area (Å²) in [6.07, 6.45) is 3.83. The molecule has 1 heterocycles. The molecule has 4 rings (SSSR count). The summed E-state index contributed by atoms with van der Waals surface area (Å²) in [6, 6.07) is 11.3. The summed E-state index contributed by atoms with van der Waals surface area (Å²) < 4.78 is 19.8. The van der Waals surface area contributed by atoms with Gasteiger partial charge in [0.05, 0.1) is 5.69 Å². The zero-order valence-electron chi connectivity index (χ0n) is 14.8. The molecule has 2 aromatic carbocycles. The third kappa shape index (κ3) is 3.05. The molecule has 0 radical (unpaired) electrons. The average Bonchev–Trinajstić information content (AvgIpc) is 3.26. The van der Waals surface area contributed by atoms with Gasteiger partial charge in [-0.15, -0.1) is 0 Å². The number of amides is 1. The third-order valence-corrected chi connectivity index (χ3v) is 5.52. The minimum Gasteiger partial charge on any atom is -0.482 e. The first-order valence-corrected chi connectivity index (χ1v) is 9.06. The van der Waals surface area contributed by atoms with E-state index in [1.54, 1.807) is 35.2 Å². The highest BCUT2D eigenvalue weighted by atomic mass is 19.1. The van der Waals surface area contributed by atoms with Gasteiger partial charge >= 0.3 is 5.97 Å². The lowest BCUT2D eigenvalue weighted by Crippen LogP contribution is -2.35. The summed E-state index contributed by atoms with van der Waals surface area (Å²) in [4.78, 5) is 25.5. The van der Waals surface area contributed by atoms with Gasteiger partial charge in [0.25, 0.3) is 5.91 Å². The van der Waals surface area contributed by atoms with Gasteiger partial charge in [-0.3, -0.25) is 4.79 Å². The van der Waals surface area contributed by atoms with Gasteiger partial charge in [0.15, 0.2) is 6.61 Å². The van der Waals surface area contributed by atoms with Gasteiger partial charge in [-0.05, 0) is 43.2 Å². The standard InChI is InChI=1S/C21H20FNO4/c22-16-7-4-8-17-19(16)21(9-1-2-10-21)13-23(17)20(26)14-5-3-6-15(11-14)27-12-18(24)25/h3-8,11H,1-2,9-10,12-13H2,(H,24,25). The van der Waals surface area contributed by atoms with Crippen LogP contribution in [0.1, 0.15) is 41.6 Å². The molecule has 0 atom stereocenters. The highest BCUT2D eigenvalue weighted by Crippen LogP contribution is 2.51. The number of benzene rings is 2. The maximum absolute atomic E-state index is 14.7. The maximum Gasteiger partial charge on any atom is 0.341 e. The van der Waals surface area contributed by atoms with Gasteiger partial charge in [0.1, 0.15) is 11.6 Å². The van der Waals surface area contributed by atoms with Crippen molar-refractivity contribution in [2.75, 3.05) is 18.1 Å². The summed E-state index contributed by atoms with van der Waals surface area (Å²) in [5.41, 5.74) is 1.39. The molecular formula is C21H20FNO4. The molecule has 0 saturated heterocycles. The summed E-state index contributed by atoms with van der Waals surface area (Å²) >= 11 is 0. The third-order valence-electron chi connectivity index (χ3n) is 5.52. The van der Waals surface area contributed by atoms with Crippen LogP contribution in [-0.4, -0.2) is 30.1 Å². The fourth-order valence-electron chi connectivity index (χ4n) is 4.39. The van der Waals surface area contributed by atoms with Crippen molar-refractivity contribution in [2.24, 2.45) is 0 Å². The second kappa shape index (κ2) is 6.68. The number of carbonyl (C=O) groups excluding carboxylic acids is 1. The van der Waals surface area contributed by atoms with Crippen molar-refractivity contribution in [1.29, 1.82) is 0 Å². The molecule has 1 fully saturated rings. The quantitative estimate of drug-likeness (QED) is 0.891. The number of fused-ring (bicyclic) bond motifs is 2. The number of halogens is 1.